The summed E-state index contributed by atoms with van der Waals surface area (Å²) >= 11 is 5.08. The zero-order valence-electron chi connectivity index (χ0n) is 11.6. The largest absolute Gasteiger partial charge is 0.392 e. The number of hydrogen-bond acceptors (Lipinski definition) is 4. The number of anilines is 1. The van der Waals surface area contributed by atoms with Gasteiger partial charge in [0.05, 0.1) is 16.7 Å². The molecule has 0 saturated carbocycles. The quantitative estimate of drug-likeness (QED) is 0.858. The highest BCUT2D eigenvalue weighted by Gasteiger charge is 2.33. The molecule has 110 valence electrons. The Balaban J connectivity index is 2.06. The molecule has 1 fully saturated rings. The Kier molecular flexibility index (Phi) is 4.19. The molecule has 20 heavy (non-hydrogen) atoms. The van der Waals surface area contributed by atoms with Gasteiger partial charge >= 0.3 is 0 Å². The van der Waals surface area contributed by atoms with Crippen molar-refractivity contribution < 1.29 is 8.78 Å². The van der Waals surface area contributed by atoms with Crippen LogP contribution in [0.5, 0.6) is 0 Å². The van der Waals surface area contributed by atoms with Crippen molar-refractivity contribution >= 4 is 23.0 Å². The topological polar surface area (TPSA) is 45.4 Å². The van der Waals surface area contributed by atoms with Gasteiger partial charge in [0.1, 0.15) is 5.82 Å². The minimum Gasteiger partial charge on any atom is -0.392 e. The van der Waals surface area contributed by atoms with Crippen LogP contribution in [0.15, 0.2) is 12.3 Å². The number of halogens is 2. The Hall–Kier alpha value is -1.34. The smallest absolute Gasteiger partial charge is 0.168 e. The average Bonchev–Trinajstić information content (AvgIpc) is 2.38. The molecule has 2 N–H and O–H groups in total. The first kappa shape index (κ1) is 15.1. The van der Waals surface area contributed by atoms with Gasteiger partial charge in [-0.1, -0.05) is 12.2 Å². The molecule has 1 aliphatic heterocycles. The van der Waals surface area contributed by atoms with Gasteiger partial charge in [-0.25, -0.2) is 13.8 Å². The van der Waals surface area contributed by atoms with Crippen LogP contribution in [0.4, 0.5) is 14.6 Å². The molecule has 4 nitrogen and oxygen atoms in total. The summed E-state index contributed by atoms with van der Waals surface area (Å²) in [6, 6.07) is 0.855. The van der Waals surface area contributed by atoms with Crippen molar-refractivity contribution in [3.63, 3.8) is 0 Å². The molecule has 1 aromatic rings. The molecule has 0 atom stereocenters. The maximum Gasteiger partial charge on any atom is 0.168 e. The number of rotatable bonds is 3. The van der Waals surface area contributed by atoms with E-state index in [1.165, 1.54) is 0 Å². The minimum absolute atomic E-state index is 0.194. The van der Waals surface area contributed by atoms with Crippen molar-refractivity contribution in [1.82, 2.24) is 9.88 Å². The third kappa shape index (κ3) is 2.88. The summed E-state index contributed by atoms with van der Waals surface area (Å²) in [5, 5.41) is 0. The van der Waals surface area contributed by atoms with Crippen LogP contribution in [-0.4, -0.2) is 46.6 Å². The molecule has 0 unspecified atom stereocenters. The van der Waals surface area contributed by atoms with E-state index in [9.17, 15) is 8.78 Å². The van der Waals surface area contributed by atoms with E-state index < -0.39 is 11.6 Å². The molecule has 0 aromatic carbocycles. The van der Waals surface area contributed by atoms with E-state index in [0.717, 1.165) is 12.3 Å². The van der Waals surface area contributed by atoms with E-state index in [2.05, 4.69) is 9.88 Å². The number of hydrogen-bond donors (Lipinski definition) is 1. The highest BCUT2D eigenvalue weighted by molar-refractivity contribution is 7.80. The van der Waals surface area contributed by atoms with Crippen molar-refractivity contribution in [3.8, 4) is 0 Å². The van der Waals surface area contributed by atoms with Crippen LogP contribution in [0.25, 0.3) is 0 Å². The van der Waals surface area contributed by atoms with Gasteiger partial charge in [0.15, 0.2) is 11.6 Å². The standard InChI is InChI=1S/C13H18F2N4S/c1-13(2,12(16)20)19-5-3-18(4-6-19)11-10(15)7-9(14)8-17-11/h7-8H,3-6H2,1-2H3,(H2,16,20). The summed E-state index contributed by atoms with van der Waals surface area (Å²) in [5.41, 5.74) is 5.38. The molecule has 0 bridgehead atoms. The van der Waals surface area contributed by atoms with Gasteiger partial charge < -0.3 is 10.6 Å². The SMILES string of the molecule is CC(C)(C(N)=S)N1CCN(c2ncc(F)cc2F)CC1. The summed E-state index contributed by atoms with van der Waals surface area (Å²) in [5.74, 6) is -1.11. The second-order valence-electron chi connectivity index (χ2n) is 5.36. The molecule has 2 rings (SSSR count). The Morgan fingerprint density at radius 3 is 2.40 bits per heavy atom. The molecule has 0 radical (unpaired) electrons. The molecule has 7 heteroatoms. The lowest BCUT2D eigenvalue weighted by Crippen LogP contribution is -2.59. The highest BCUT2D eigenvalue weighted by atomic mass is 32.1. The van der Waals surface area contributed by atoms with E-state index in [4.69, 9.17) is 18.0 Å². The molecule has 0 aliphatic carbocycles. The fourth-order valence-electron chi connectivity index (χ4n) is 2.27. The zero-order valence-corrected chi connectivity index (χ0v) is 12.4. The molecule has 1 saturated heterocycles. The fourth-order valence-corrected chi connectivity index (χ4v) is 2.40. The lowest BCUT2D eigenvalue weighted by atomic mass is 10.0. The Labute approximate surface area is 122 Å². The highest BCUT2D eigenvalue weighted by Crippen LogP contribution is 2.22. The van der Waals surface area contributed by atoms with Crippen molar-refractivity contribution in [1.29, 1.82) is 0 Å². The molecule has 1 aromatic heterocycles. The zero-order chi connectivity index (χ0) is 14.9. The maximum absolute atomic E-state index is 13.7. The lowest BCUT2D eigenvalue weighted by Gasteiger charge is -2.43. The maximum atomic E-state index is 13.7. The van der Waals surface area contributed by atoms with Crippen LogP contribution < -0.4 is 10.6 Å². The van der Waals surface area contributed by atoms with Gasteiger partial charge in [-0.2, -0.15) is 0 Å². The molecule has 0 spiro atoms. The second-order valence-corrected chi connectivity index (χ2v) is 5.80. The van der Waals surface area contributed by atoms with Crippen LogP contribution in [0.1, 0.15) is 13.8 Å². The van der Waals surface area contributed by atoms with Gasteiger partial charge in [0.2, 0.25) is 0 Å². The van der Waals surface area contributed by atoms with Gasteiger partial charge in [0.25, 0.3) is 0 Å². The number of thiocarbonyl (C=S) groups is 1. The summed E-state index contributed by atoms with van der Waals surface area (Å²) in [4.78, 5) is 8.24. The van der Waals surface area contributed by atoms with Gasteiger partial charge in [-0.05, 0) is 13.8 Å². The number of piperazine rings is 1. The molecule has 2 heterocycles. The van der Waals surface area contributed by atoms with E-state index in [-0.39, 0.29) is 11.4 Å². The van der Waals surface area contributed by atoms with Gasteiger partial charge in [-0.3, -0.25) is 4.90 Å². The first-order valence-corrected chi connectivity index (χ1v) is 6.84. The van der Waals surface area contributed by atoms with Gasteiger partial charge in [0, 0.05) is 32.2 Å². The number of pyridine rings is 1. The monoisotopic (exact) mass is 300 g/mol. The van der Waals surface area contributed by atoms with E-state index in [0.29, 0.717) is 31.2 Å². The Bertz CT molecular complexity index is 513. The summed E-state index contributed by atoms with van der Waals surface area (Å²) in [7, 11) is 0. The summed E-state index contributed by atoms with van der Waals surface area (Å²) < 4.78 is 26.6. The fraction of sp³-hybridized carbons (Fsp3) is 0.538. The van der Waals surface area contributed by atoms with Crippen LogP contribution in [0.2, 0.25) is 0 Å². The van der Waals surface area contributed by atoms with Crippen molar-refractivity contribution in [2.24, 2.45) is 5.73 Å². The van der Waals surface area contributed by atoms with Crippen LogP contribution in [-0.2, 0) is 0 Å². The lowest BCUT2D eigenvalue weighted by molar-refractivity contribution is 0.167. The predicted octanol–water partition coefficient (Wildman–Crippen LogP) is 1.55. The Morgan fingerprint density at radius 2 is 1.90 bits per heavy atom. The van der Waals surface area contributed by atoms with Gasteiger partial charge in [-0.15, -0.1) is 0 Å². The van der Waals surface area contributed by atoms with E-state index in [1.54, 1.807) is 4.90 Å². The minimum atomic E-state index is -0.667. The summed E-state index contributed by atoms with van der Waals surface area (Å²) in [6.07, 6.45) is 1.03. The van der Waals surface area contributed by atoms with Crippen LogP contribution >= 0.6 is 12.2 Å². The number of aromatic nitrogens is 1. The normalized spacial score (nSPS) is 17.3. The third-order valence-electron chi connectivity index (χ3n) is 3.76. The van der Waals surface area contributed by atoms with Crippen LogP contribution in [0, 0.1) is 11.6 Å². The average molecular weight is 300 g/mol. The number of nitrogens with zero attached hydrogens (tertiary/aromatic N) is 3. The second kappa shape index (κ2) is 5.57. The summed E-state index contributed by atoms with van der Waals surface area (Å²) in [6.45, 7) is 6.54. The van der Waals surface area contributed by atoms with E-state index >= 15 is 0 Å². The molecule has 0 amide bonds. The predicted molar refractivity (Wildman–Crippen MR) is 78.8 cm³/mol. The number of nitrogens with two attached hydrogens (primary N) is 1. The van der Waals surface area contributed by atoms with E-state index in [1.807, 2.05) is 13.8 Å². The first-order valence-electron chi connectivity index (χ1n) is 6.43. The van der Waals surface area contributed by atoms with Crippen molar-refractivity contribution in [2.45, 2.75) is 19.4 Å². The molecular weight excluding hydrogens is 282 g/mol. The first-order chi connectivity index (χ1) is 9.32. The van der Waals surface area contributed by atoms with Crippen LogP contribution in [0.3, 0.4) is 0 Å². The van der Waals surface area contributed by atoms with Crippen molar-refractivity contribution in [2.75, 3.05) is 31.1 Å². The Morgan fingerprint density at radius 1 is 1.30 bits per heavy atom. The third-order valence-corrected chi connectivity index (χ3v) is 4.26. The molecular formula is C13H18F2N4S. The van der Waals surface area contributed by atoms with Crippen molar-refractivity contribution in [3.05, 3.63) is 23.9 Å². The molecule has 1 aliphatic rings.